The molecule has 0 saturated carbocycles. The van der Waals surface area contributed by atoms with Crippen molar-refractivity contribution in [3.05, 3.63) is 77.9 Å². The predicted molar refractivity (Wildman–Crippen MR) is 107 cm³/mol. The molecule has 1 unspecified atom stereocenters. The monoisotopic (exact) mass is 363 g/mol. The van der Waals surface area contributed by atoms with E-state index in [9.17, 15) is 14.7 Å². The Labute approximate surface area is 160 Å². The van der Waals surface area contributed by atoms with Crippen LogP contribution in [0.4, 0.5) is 5.69 Å². The lowest BCUT2D eigenvalue weighted by Crippen LogP contribution is -2.41. The molecule has 1 aliphatic heterocycles. The van der Waals surface area contributed by atoms with Crippen LogP contribution in [-0.2, 0) is 15.8 Å². The summed E-state index contributed by atoms with van der Waals surface area (Å²) in [4.78, 5) is 27.2. The van der Waals surface area contributed by atoms with Crippen LogP contribution in [-0.4, -0.2) is 23.3 Å². The zero-order valence-corrected chi connectivity index (χ0v) is 16.0. The highest BCUT2D eigenvalue weighted by Gasteiger charge is 2.50. The van der Waals surface area contributed by atoms with E-state index in [1.165, 1.54) is 4.90 Å². The molecule has 1 N–H and O–H groups in total. The molecule has 140 valence electrons. The normalized spacial score (nSPS) is 19.1. The maximum atomic E-state index is 12.9. The van der Waals surface area contributed by atoms with Gasteiger partial charge < -0.3 is 10.0 Å². The number of amides is 1. The van der Waals surface area contributed by atoms with Crippen LogP contribution >= 0.6 is 0 Å². The summed E-state index contributed by atoms with van der Waals surface area (Å²) in [6, 6.07) is 14.4. The van der Waals surface area contributed by atoms with Gasteiger partial charge in [-0.15, -0.1) is 6.58 Å². The van der Waals surface area contributed by atoms with Crippen molar-refractivity contribution in [1.82, 2.24) is 0 Å². The Morgan fingerprint density at radius 1 is 1.15 bits per heavy atom. The molecule has 0 radical (unpaired) electrons. The van der Waals surface area contributed by atoms with Crippen LogP contribution in [0, 0.1) is 0 Å². The molecule has 0 bridgehead atoms. The van der Waals surface area contributed by atoms with Crippen molar-refractivity contribution in [1.29, 1.82) is 0 Å². The first-order chi connectivity index (χ1) is 12.7. The largest absolute Gasteiger partial charge is 0.375 e. The Balaban J connectivity index is 1.91. The fourth-order valence-electron chi connectivity index (χ4n) is 3.48. The lowest BCUT2D eigenvalue weighted by Gasteiger charge is -2.22. The fraction of sp³-hybridized carbons (Fsp3) is 0.304. The number of nitrogens with zero attached hydrogens (tertiary/aromatic N) is 1. The summed E-state index contributed by atoms with van der Waals surface area (Å²) in [7, 11) is 0. The average Bonchev–Trinajstić information content (AvgIpc) is 2.84. The highest BCUT2D eigenvalue weighted by Crippen LogP contribution is 2.42. The Morgan fingerprint density at radius 3 is 2.37 bits per heavy atom. The number of Topliss-reactive ketones (excluding diaryl/α,β-unsaturated/α-hetero) is 1. The molecule has 4 nitrogen and oxygen atoms in total. The number of hydrogen-bond donors (Lipinski definition) is 1. The van der Waals surface area contributed by atoms with Crippen molar-refractivity contribution in [3.8, 4) is 0 Å². The molecule has 1 aliphatic rings. The lowest BCUT2D eigenvalue weighted by molar-refractivity contribution is -0.135. The lowest BCUT2D eigenvalue weighted by atomic mass is 9.85. The minimum absolute atomic E-state index is 0.00860. The summed E-state index contributed by atoms with van der Waals surface area (Å²) in [5, 5.41) is 11.2. The van der Waals surface area contributed by atoms with E-state index in [0.29, 0.717) is 16.8 Å². The molecule has 3 rings (SSSR count). The zero-order valence-electron chi connectivity index (χ0n) is 16.0. The van der Waals surface area contributed by atoms with E-state index >= 15 is 0 Å². The first kappa shape index (κ1) is 19.1. The van der Waals surface area contributed by atoms with E-state index < -0.39 is 11.5 Å². The second kappa shape index (κ2) is 6.78. The molecule has 27 heavy (non-hydrogen) atoms. The van der Waals surface area contributed by atoms with Gasteiger partial charge in [0.25, 0.3) is 5.91 Å². The van der Waals surface area contributed by atoms with Gasteiger partial charge >= 0.3 is 0 Å². The van der Waals surface area contributed by atoms with Crippen molar-refractivity contribution >= 4 is 17.4 Å². The van der Waals surface area contributed by atoms with Gasteiger partial charge in [-0.2, -0.15) is 0 Å². The number of ketones is 1. The number of para-hydroxylation sites is 1. The molecule has 2 aromatic carbocycles. The van der Waals surface area contributed by atoms with Gasteiger partial charge in [0.1, 0.15) is 0 Å². The van der Waals surface area contributed by atoms with Crippen LogP contribution in [0.5, 0.6) is 0 Å². The van der Waals surface area contributed by atoms with E-state index in [2.05, 4.69) is 27.4 Å². The minimum atomic E-state index is -1.85. The highest BCUT2D eigenvalue weighted by molar-refractivity contribution is 6.10. The average molecular weight is 363 g/mol. The highest BCUT2D eigenvalue weighted by atomic mass is 16.3. The van der Waals surface area contributed by atoms with Gasteiger partial charge in [0, 0.05) is 17.7 Å². The SMILES string of the molecule is C=CCN1C(=O)C(O)(CC(=O)c2ccc(C(C)(C)C)cc2)c2ccccc21. The van der Waals surface area contributed by atoms with E-state index in [0.717, 1.165) is 5.56 Å². The number of aliphatic hydroxyl groups is 1. The molecule has 2 aromatic rings. The Kier molecular flexibility index (Phi) is 4.79. The smallest absolute Gasteiger partial charge is 0.264 e. The number of hydrogen-bond acceptors (Lipinski definition) is 3. The number of benzene rings is 2. The molecule has 1 atom stereocenters. The van der Waals surface area contributed by atoms with Crippen LogP contribution in [0.1, 0.15) is 48.7 Å². The summed E-state index contributed by atoms with van der Waals surface area (Å²) < 4.78 is 0. The number of rotatable bonds is 5. The molecular formula is C23H25NO3. The van der Waals surface area contributed by atoms with Gasteiger partial charge in [0.2, 0.25) is 0 Å². The topological polar surface area (TPSA) is 57.6 Å². The van der Waals surface area contributed by atoms with Gasteiger partial charge in [-0.1, -0.05) is 69.3 Å². The molecule has 0 fully saturated rings. The van der Waals surface area contributed by atoms with Crippen molar-refractivity contribution < 1.29 is 14.7 Å². The molecule has 0 spiro atoms. The minimum Gasteiger partial charge on any atom is -0.375 e. The zero-order chi connectivity index (χ0) is 19.8. The van der Waals surface area contributed by atoms with Crippen LogP contribution in [0.2, 0.25) is 0 Å². The Morgan fingerprint density at radius 2 is 1.78 bits per heavy atom. The standard InChI is InChI=1S/C23H25NO3/c1-5-14-24-19-9-7-6-8-18(19)23(27,21(24)26)15-20(25)16-10-12-17(13-11-16)22(2,3)4/h5-13,27H,1,14-15H2,2-4H3. The van der Waals surface area contributed by atoms with Gasteiger partial charge in [-0.25, -0.2) is 0 Å². The maximum absolute atomic E-state index is 12.9. The van der Waals surface area contributed by atoms with Gasteiger partial charge in [0.05, 0.1) is 12.1 Å². The third kappa shape index (κ3) is 3.33. The van der Waals surface area contributed by atoms with Crippen LogP contribution in [0.25, 0.3) is 0 Å². The van der Waals surface area contributed by atoms with Crippen LogP contribution in [0.3, 0.4) is 0 Å². The second-order valence-electron chi connectivity index (χ2n) is 8.01. The number of anilines is 1. The van der Waals surface area contributed by atoms with Crippen LogP contribution < -0.4 is 4.90 Å². The molecular weight excluding hydrogens is 338 g/mol. The van der Waals surface area contributed by atoms with Crippen molar-refractivity contribution in [2.24, 2.45) is 0 Å². The van der Waals surface area contributed by atoms with E-state index in [-0.39, 0.29) is 24.2 Å². The summed E-state index contributed by atoms with van der Waals surface area (Å²) >= 11 is 0. The molecule has 0 aliphatic carbocycles. The third-order valence-corrected chi connectivity index (χ3v) is 5.04. The summed E-state index contributed by atoms with van der Waals surface area (Å²) in [5.41, 5.74) is 0.850. The molecule has 1 amide bonds. The third-order valence-electron chi connectivity index (χ3n) is 5.04. The van der Waals surface area contributed by atoms with E-state index in [1.807, 2.05) is 12.1 Å². The van der Waals surface area contributed by atoms with Crippen molar-refractivity contribution in [2.75, 3.05) is 11.4 Å². The summed E-state index contributed by atoms with van der Waals surface area (Å²) in [5.74, 6) is -0.746. The number of fused-ring (bicyclic) bond motifs is 1. The van der Waals surface area contributed by atoms with Gasteiger partial charge in [-0.3, -0.25) is 9.59 Å². The predicted octanol–water partition coefficient (Wildman–Crippen LogP) is 3.98. The number of carbonyl (C=O) groups excluding carboxylic acids is 2. The molecule has 4 heteroatoms. The van der Waals surface area contributed by atoms with Gasteiger partial charge in [-0.05, 0) is 17.0 Å². The first-order valence-electron chi connectivity index (χ1n) is 9.07. The van der Waals surface area contributed by atoms with Crippen molar-refractivity contribution in [2.45, 2.75) is 38.2 Å². The molecule has 0 aromatic heterocycles. The molecule has 1 heterocycles. The molecule has 0 saturated heterocycles. The van der Waals surface area contributed by atoms with Crippen molar-refractivity contribution in [3.63, 3.8) is 0 Å². The van der Waals surface area contributed by atoms with E-state index in [4.69, 9.17) is 0 Å². The van der Waals surface area contributed by atoms with Crippen LogP contribution in [0.15, 0.2) is 61.2 Å². The maximum Gasteiger partial charge on any atom is 0.264 e. The van der Waals surface area contributed by atoms with Gasteiger partial charge in [0.15, 0.2) is 11.4 Å². The second-order valence-corrected chi connectivity index (χ2v) is 8.01. The fourth-order valence-corrected chi connectivity index (χ4v) is 3.48. The quantitative estimate of drug-likeness (QED) is 0.646. The Bertz CT molecular complexity index is 893. The Hall–Kier alpha value is -2.72. The summed E-state index contributed by atoms with van der Waals surface area (Å²) in [6.07, 6.45) is 1.32. The first-order valence-corrected chi connectivity index (χ1v) is 9.07. The van der Waals surface area contributed by atoms with E-state index in [1.54, 1.807) is 42.5 Å². The number of carbonyl (C=O) groups is 2. The summed E-state index contributed by atoms with van der Waals surface area (Å²) in [6.45, 7) is 10.3.